The second-order valence-electron chi connectivity index (χ2n) is 6.23. The summed E-state index contributed by atoms with van der Waals surface area (Å²) < 4.78 is 10.5. The Balaban J connectivity index is 1.34. The molecule has 4 rings (SSSR count). The highest BCUT2D eigenvalue weighted by Gasteiger charge is 2.23. The van der Waals surface area contributed by atoms with Crippen molar-refractivity contribution in [2.45, 2.75) is 30.4 Å². The van der Waals surface area contributed by atoms with Crippen molar-refractivity contribution in [3.63, 3.8) is 0 Å². The number of carbonyl (C=O) groups is 2. The van der Waals surface area contributed by atoms with Crippen LogP contribution in [0.3, 0.4) is 0 Å². The predicted octanol–water partition coefficient (Wildman–Crippen LogP) is 3.53. The van der Waals surface area contributed by atoms with Gasteiger partial charge in [0.15, 0.2) is 6.61 Å². The summed E-state index contributed by atoms with van der Waals surface area (Å²) in [6.07, 6.45) is 2.09. The van der Waals surface area contributed by atoms with Crippen molar-refractivity contribution in [1.29, 1.82) is 0 Å². The van der Waals surface area contributed by atoms with Crippen molar-refractivity contribution >= 4 is 35.0 Å². The zero-order valence-corrected chi connectivity index (χ0v) is 16.4. The molecule has 0 spiro atoms. The molecule has 144 valence electrons. The number of aromatic nitrogens is 2. The third-order valence-corrected chi connectivity index (χ3v) is 5.73. The molecule has 0 aliphatic heterocycles. The van der Waals surface area contributed by atoms with Gasteiger partial charge < -0.3 is 14.6 Å². The summed E-state index contributed by atoms with van der Waals surface area (Å²) in [5.74, 6) is 0.430. The third-order valence-electron chi connectivity index (χ3n) is 3.98. The van der Waals surface area contributed by atoms with Gasteiger partial charge in [0, 0.05) is 16.3 Å². The molecule has 1 aliphatic carbocycles. The van der Waals surface area contributed by atoms with Crippen molar-refractivity contribution in [3.8, 4) is 11.5 Å². The van der Waals surface area contributed by atoms with E-state index in [1.54, 1.807) is 18.2 Å². The smallest absolute Gasteiger partial charge is 0.339 e. The van der Waals surface area contributed by atoms with E-state index in [1.165, 1.54) is 23.1 Å². The van der Waals surface area contributed by atoms with E-state index in [0.717, 1.165) is 18.4 Å². The Bertz CT molecular complexity index is 967. The lowest BCUT2D eigenvalue weighted by molar-refractivity contribution is -0.118. The minimum Gasteiger partial charge on any atom is -0.454 e. The average molecular weight is 415 g/mol. The fraction of sp³-hybridized carbons (Fsp3) is 0.263. The number of nitrogens with one attached hydrogen (secondary N) is 1. The molecule has 0 saturated heterocycles. The summed E-state index contributed by atoms with van der Waals surface area (Å²) in [7, 11) is 0. The fourth-order valence-electron chi connectivity index (χ4n) is 2.43. The number of esters is 1. The van der Waals surface area contributed by atoms with Gasteiger partial charge in [0.1, 0.15) is 0 Å². The first kappa shape index (κ1) is 18.7. The minimum absolute atomic E-state index is 0.0246. The highest BCUT2D eigenvalue weighted by Crippen LogP contribution is 2.25. The van der Waals surface area contributed by atoms with Gasteiger partial charge in [-0.1, -0.05) is 17.3 Å². The molecule has 2 heterocycles. The standard InChI is InChI=1S/C19H17N3O4S2/c23-17(20-13-5-6-13)11-28-15-4-2-1-3-14(15)19(24)25-9-16-21-18(26-22-16)12-7-8-27-10-12/h1-4,7-8,10,13H,5-6,9,11H2,(H,20,23). The molecule has 0 atom stereocenters. The van der Waals surface area contributed by atoms with Gasteiger partial charge in [-0.05, 0) is 36.4 Å². The number of ether oxygens (including phenoxy) is 1. The minimum atomic E-state index is -0.493. The van der Waals surface area contributed by atoms with E-state index in [2.05, 4.69) is 15.5 Å². The molecule has 1 N–H and O–H groups in total. The maximum atomic E-state index is 12.5. The van der Waals surface area contributed by atoms with Crippen LogP contribution in [0.15, 0.2) is 50.5 Å². The number of benzene rings is 1. The third kappa shape index (κ3) is 4.79. The molecule has 0 bridgehead atoms. The normalized spacial score (nSPS) is 13.3. The first-order chi connectivity index (χ1) is 13.7. The molecule has 9 heteroatoms. The van der Waals surface area contributed by atoms with E-state index in [9.17, 15) is 9.59 Å². The highest BCUT2D eigenvalue weighted by atomic mass is 32.2. The number of thioether (sulfide) groups is 1. The first-order valence-corrected chi connectivity index (χ1v) is 10.7. The number of rotatable bonds is 8. The Hall–Kier alpha value is -2.65. The molecule has 28 heavy (non-hydrogen) atoms. The summed E-state index contributed by atoms with van der Waals surface area (Å²) in [6, 6.07) is 9.26. The van der Waals surface area contributed by atoms with E-state index in [-0.39, 0.29) is 18.3 Å². The highest BCUT2D eigenvalue weighted by molar-refractivity contribution is 8.00. The van der Waals surface area contributed by atoms with Crippen molar-refractivity contribution in [3.05, 3.63) is 52.5 Å². The molecule has 1 amide bonds. The van der Waals surface area contributed by atoms with Gasteiger partial charge in [-0.25, -0.2) is 4.79 Å². The molecule has 0 unspecified atom stereocenters. The topological polar surface area (TPSA) is 94.3 Å². The van der Waals surface area contributed by atoms with E-state index in [4.69, 9.17) is 9.26 Å². The Morgan fingerprint density at radius 2 is 2.14 bits per heavy atom. The van der Waals surface area contributed by atoms with Gasteiger partial charge in [-0.2, -0.15) is 16.3 Å². The molecular weight excluding hydrogens is 398 g/mol. The number of amides is 1. The monoisotopic (exact) mass is 415 g/mol. The molecular formula is C19H17N3O4S2. The quantitative estimate of drug-likeness (QED) is 0.444. The zero-order chi connectivity index (χ0) is 19.3. The van der Waals surface area contributed by atoms with Crippen molar-refractivity contribution in [1.82, 2.24) is 15.5 Å². The second-order valence-corrected chi connectivity index (χ2v) is 8.03. The molecule has 1 aromatic carbocycles. The number of carbonyl (C=O) groups excluding carboxylic acids is 2. The summed E-state index contributed by atoms with van der Waals surface area (Å²) in [5, 5.41) is 10.6. The predicted molar refractivity (Wildman–Crippen MR) is 105 cm³/mol. The number of thiophene rings is 1. The van der Waals surface area contributed by atoms with E-state index in [0.29, 0.717) is 28.2 Å². The number of nitrogens with zero attached hydrogens (tertiary/aromatic N) is 2. The lowest BCUT2D eigenvalue weighted by Gasteiger charge is -2.08. The van der Waals surface area contributed by atoms with Crippen LogP contribution in [0.5, 0.6) is 0 Å². The summed E-state index contributed by atoms with van der Waals surface area (Å²) in [4.78, 5) is 29.3. The Morgan fingerprint density at radius 1 is 1.29 bits per heavy atom. The summed E-state index contributed by atoms with van der Waals surface area (Å²) in [6.45, 7) is -0.0896. The van der Waals surface area contributed by atoms with Gasteiger partial charge in [0.05, 0.1) is 16.9 Å². The largest absolute Gasteiger partial charge is 0.454 e. The lowest BCUT2D eigenvalue weighted by Crippen LogP contribution is -2.27. The second kappa shape index (κ2) is 8.57. The van der Waals surface area contributed by atoms with Gasteiger partial charge in [0.2, 0.25) is 11.7 Å². The summed E-state index contributed by atoms with van der Waals surface area (Å²) in [5.41, 5.74) is 1.24. The van der Waals surface area contributed by atoms with Crippen LogP contribution in [-0.2, 0) is 16.1 Å². The zero-order valence-electron chi connectivity index (χ0n) is 14.8. The van der Waals surface area contributed by atoms with Crippen LogP contribution in [-0.4, -0.2) is 33.8 Å². The molecule has 7 nitrogen and oxygen atoms in total. The van der Waals surface area contributed by atoms with Crippen molar-refractivity contribution < 1.29 is 18.8 Å². The summed E-state index contributed by atoms with van der Waals surface area (Å²) >= 11 is 2.85. The van der Waals surface area contributed by atoms with Crippen LogP contribution < -0.4 is 5.32 Å². The fourth-order valence-corrected chi connectivity index (χ4v) is 3.91. The molecule has 1 aliphatic rings. The van der Waals surface area contributed by atoms with Crippen molar-refractivity contribution in [2.75, 3.05) is 5.75 Å². The maximum Gasteiger partial charge on any atom is 0.339 e. The molecule has 3 aromatic rings. The van der Waals surface area contributed by atoms with Crippen LogP contribution in [0.4, 0.5) is 0 Å². The van der Waals surface area contributed by atoms with Gasteiger partial charge >= 0.3 is 5.97 Å². The molecule has 2 aromatic heterocycles. The number of hydrogen-bond donors (Lipinski definition) is 1. The van der Waals surface area contributed by atoms with E-state index in [1.807, 2.05) is 22.9 Å². The van der Waals surface area contributed by atoms with Crippen molar-refractivity contribution in [2.24, 2.45) is 0 Å². The average Bonchev–Trinajstić information content (AvgIpc) is 3.17. The van der Waals surface area contributed by atoms with E-state index < -0.39 is 5.97 Å². The maximum absolute atomic E-state index is 12.5. The van der Waals surface area contributed by atoms with Crippen LogP contribution >= 0.6 is 23.1 Å². The van der Waals surface area contributed by atoms with Gasteiger partial charge in [-0.3, -0.25) is 4.79 Å². The molecule has 0 radical (unpaired) electrons. The Morgan fingerprint density at radius 3 is 2.93 bits per heavy atom. The molecule has 1 fully saturated rings. The Kier molecular flexibility index (Phi) is 5.73. The Labute approximate surface area is 169 Å². The van der Waals surface area contributed by atoms with Crippen LogP contribution in [0.1, 0.15) is 29.0 Å². The molecule has 1 saturated carbocycles. The number of hydrogen-bond acceptors (Lipinski definition) is 8. The van der Waals surface area contributed by atoms with Gasteiger partial charge in [-0.15, -0.1) is 11.8 Å². The van der Waals surface area contributed by atoms with Gasteiger partial charge in [0.25, 0.3) is 5.89 Å². The first-order valence-electron chi connectivity index (χ1n) is 8.72. The van der Waals surface area contributed by atoms with Crippen LogP contribution in [0.2, 0.25) is 0 Å². The van der Waals surface area contributed by atoms with Crippen LogP contribution in [0.25, 0.3) is 11.5 Å². The lowest BCUT2D eigenvalue weighted by atomic mass is 10.2. The van der Waals surface area contributed by atoms with Crippen LogP contribution in [0, 0.1) is 0 Å². The SMILES string of the molecule is O=C(CSc1ccccc1C(=O)OCc1noc(-c2ccsc2)n1)NC1CC1. The van der Waals surface area contributed by atoms with E-state index >= 15 is 0 Å².